The third kappa shape index (κ3) is 4.77. The highest BCUT2D eigenvalue weighted by molar-refractivity contribution is 7.89. The van der Waals surface area contributed by atoms with Crippen LogP contribution in [0.25, 0.3) is 10.6 Å². The van der Waals surface area contributed by atoms with Crippen LogP contribution in [0, 0.1) is 0 Å². The van der Waals surface area contributed by atoms with Crippen LogP contribution in [0.15, 0.2) is 52.7 Å². The average molecular weight is 436 g/mol. The predicted molar refractivity (Wildman–Crippen MR) is 112 cm³/mol. The van der Waals surface area contributed by atoms with E-state index >= 15 is 0 Å². The van der Waals surface area contributed by atoms with Crippen LogP contribution < -0.4 is 10.5 Å². The first-order valence-corrected chi connectivity index (χ1v) is 11.2. The van der Waals surface area contributed by atoms with Gasteiger partial charge in [0.2, 0.25) is 15.9 Å². The normalized spacial score (nSPS) is 11.4. The van der Waals surface area contributed by atoms with E-state index < -0.39 is 10.0 Å². The Kier molecular flexibility index (Phi) is 6.14. The number of nitrogens with two attached hydrogens (primary N) is 1. The van der Waals surface area contributed by atoms with Gasteiger partial charge in [0.1, 0.15) is 5.01 Å². The second-order valence-corrected chi connectivity index (χ2v) is 8.87. The summed E-state index contributed by atoms with van der Waals surface area (Å²) in [4.78, 5) is 16.8. The molecule has 0 bridgehead atoms. The molecule has 146 valence electrons. The van der Waals surface area contributed by atoms with E-state index in [2.05, 4.69) is 10.3 Å². The number of carbonyl (C=O) groups is 1. The first-order chi connectivity index (χ1) is 13.3. The van der Waals surface area contributed by atoms with E-state index in [1.807, 2.05) is 25.1 Å². The Morgan fingerprint density at radius 2 is 2.00 bits per heavy atom. The summed E-state index contributed by atoms with van der Waals surface area (Å²) < 4.78 is 23.5. The van der Waals surface area contributed by atoms with Gasteiger partial charge in [-0.25, -0.2) is 18.5 Å². The van der Waals surface area contributed by atoms with E-state index in [1.54, 1.807) is 23.6 Å². The van der Waals surface area contributed by atoms with Crippen LogP contribution in [0.5, 0.6) is 0 Å². The van der Waals surface area contributed by atoms with Gasteiger partial charge in [0.15, 0.2) is 0 Å². The molecular weight excluding hydrogens is 418 g/mol. The molecule has 3 aromatic rings. The highest BCUT2D eigenvalue weighted by Crippen LogP contribution is 2.30. The molecule has 3 rings (SSSR count). The van der Waals surface area contributed by atoms with Crippen molar-refractivity contribution in [3.05, 3.63) is 64.1 Å². The summed E-state index contributed by atoms with van der Waals surface area (Å²) in [6.45, 7) is 1.83. The van der Waals surface area contributed by atoms with Crippen LogP contribution in [0.3, 0.4) is 0 Å². The molecular formula is C19H18ClN3O3S2. The van der Waals surface area contributed by atoms with Crippen molar-refractivity contribution < 1.29 is 13.2 Å². The lowest BCUT2D eigenvalue weighted by Gasteiger charge is -2.10. The number of thiazole rings is 1. The first kappa shape index (κ1) is 20.5. The molecule has 0 aliphatic heterocycles. The zero-order chi connectivity index (χ0) is 20.3. The quantitative estimate of drug-likeness (QED) is 0.613. The van der Waals surface area contributed by atoms with Crippen molar-refractivity contribution >= 4 is 44.6 Å². The highest BCUT2D eigenvalue weighted by atomic mass is 35.5. The van der Waals surface area contributed by atoms with Gasteiger partial charge >= 0.3 is 0 Å². The number of primary sulfonamides is 1. The van der Waals surface area contributed by atoms with Gasteiger partial charge in [0, 0.05) is 16.6 Å². The number of nitrogens with one attached hydrogen (secondary N) is 1. The maximum Gasteiger partial charge on any atom is 0.238 e. The molecule has 1 aromatic heterocycles. The van der Waals surface area contributed by atoms with E-state index in [1.165, 1.54) is 17.4 Å². The van der Waals surface area contributed by atoms with Gasteiger partial charge in [-0.3, -0.25) is 4.79 Å². The van der Waals surface area contributed by atoms with Crippen LogP contribution in [0.4, 0.5) is 5.69 Å². The number of benzene rings is 2. The lowest BCUT2D eigenvalue weighted by molar-refractivity contribution is -0.115. The molecule has 0 saturated carbocycles. The van der Waals surface area contributed by atoms with Gasteiger partial charge in [-0.2, -0.15) is 0 Å². The SMILES string of the molecule is CCc1ccc(NC(=O)Cc2csc(-c3ccccc3Cl)n2)cc1S(N)(=O)=O. The lowest BCUT2D eigenvalue weighted by Crippen LogP contribution is -2.17. The molecule has 0 atom stereocenters. The van der Waals surface area contributed by atoms with Crippen molar-refractivity contribution in [3.8, 4) is 10.6 Å². The van der Waals surface area contributed by atoms with Crippen LogP contribution in [-0.4, -0.2) is 19.3 Å². The van der Waals surface area contributed by atoms with Gasteiger partial charge in [0.05, 0.1) is 22.0 Å². The molecule has 0 aliphatic rings. The summed E-state index contributed by atoms with van der Waals surface area (Å²) in [6, 6.07) is 12.0. The summed E-state index contributed by atoms with van der Waals surface area (Å²) in [5.74, 6) is -0.305. The number of hydrogen-bond donors (Lipinski definition) is 2. The number of aromatic nitrogens is 1. The maximum atomic E-state index is 12.4. The molecule has 1 amide bonds. The van der Waals surface area contributed by atoms with Gasteiger partial charge in [-0.15, -0.1) is 11.3 Å². The maximum absolute atomic E-state index is 12.4. The van der Waals surface area contributed by atoms with Crippen LogP contribution in [0.1, 0.15) is 18.2 Å². The number of hydrogen-bond acceptors (Lipinski definition) is 5. The number of amides is 1. The fourth-order valence-electron chi connectivity index (χ4n) is 2.71. The Balaban J connectivity index is 1.74. The summed E-state index contributed by atoms with van der Waals surface area (Å²) in [5.41, 5.74) is 2.39. The Morgan fingerprint density at radius 1 is 1.25 bits per heavy atom. The monoisotopic (exact) mass is 435 g/mol. The number of nitrogens with zero attached hydrogens (tertiary/aromatic N) is 1. The minimum absolute atomic E-state index is 0.0162. The number of rotatable bonds is 6. The Bertz CT molecular complexity index is 1130. The largest absolute Gasteiger partial charge is 0.326 e. The number of aryl methyl sites for hydroxylation is 1. The molecule has 6 nitrogen and oxygen atoms in total. The minimum atomic E-state index is -3.87. The molecule has 9 heteroatoms. The van der Waals surface area contributed by atoms with Crippen molar-refractivity contribution in [1.82, 2.24) is 4.98 Å². The predicted octanol–water partition coefficient (Wildman–Crippen LogP) is 3.85. The van der Waals surface area contributed by atoms with E-state index in [9.17, 15) is 13.2 Å². The Hall–Kier alpha value is -2.26. The van der Waals surface area contributed by atoms with E-state index in [4.69, 9.17) is 16.7 Å². The molecule has 28 heavy (non-hydrogen) atoms. The summed E-state index contributed by atoms with van der Waals surface area (Å²) in [5, 5.41) is 11.1. The molecule has 0 aliphatic carbocycles. The molecule has 0 spiro atoms. The molecule has 0 radical (unpaired) electrons. The van der Waals surface area contributed by atoms with Crippen LogP contribution in [-0.2, 0) is 27.7 Å². The number of anilines is 1. The van der Waals surface area contributed by atoms with E-state index in [-0.39, 0.29) is 17.2 Å². The smallest absolute Gasteiger partial charge is 0.238 e. The summed E-state index contributed by atoms with van der Waals surface area (Å²) in [6.07, 6.45) is 0.574. The molecule has 0 saturated heterocycles. The molecule has 1 heterocycles. The molecule has 0 fully saturated rings. The van der Waals surface area contributed by atoms with Gasteiger partial charge < -0.3 is 5.32 Å². The topological polar surface area (TPSA) is 102 Å². The van der Waals surface area contributed by atoms with Crippen LogP contribution >= 0.6 is 22.9 Å². The average Bonchev–Trinajstić information content (AvgIpc) is 3.09. The molecule has 3 N–H and O–H groups in total. The lowest BCUT2D eigenvalue weighted by atomic mass is 10.1. The van der Waals surface area contributed by atoms with E-state index in [0.717, 1.165) is 10.6 Å². The summed E-state index contributed by atoms with van der Waals surface area (Å²) >= 11 is 7.59. The number of carbonyl (C=O) groups excluding carboxylic acids is 1. The molecule has 0 unspecified atom stereocenters. The van der Waals surface area contributed by atoms with Gasteiger partial charge in [-0.1, -0.05) is 42.8 Å². The fourth-order valence-corrected chi connectivity index (χ4v) is 4.71. The Morgan fingerprint density at radius 3 is 2.68 bits per heavy atom. The van der Waals surface area contributed by atoms with E-state index in [0.29, 0.717) is 28.4 Å². The van der Waals surface area contributed by atoms with Crippen molar-refractivity contribution in [1.29, 1.82) is 0 Å². The second-order valence-electron chi connectivity index (χ2n) is 6.07. The van der Waals surface area contributed by atoms with Crippen LogP contribution in [0.2, 0.25) is 5.02 Å². The fraction of sp³-hybridized carbons (Fsp3) is 0.158. The van der Waals surface area contributed by atoms with Crippen molar-refractivity contribution in [2.75, 3.05) is 5.32 Å². The van der Waals surface area contributed by atoms with Gasteiger partial charge in [0.25, 0.3) is 0 Å². The second kappa shape index (κ2) is 8.40. The number of halogens is 1. The van der Waals surface area contributed by atoms with Crippen molar-refractivity contribution in [2.45, 2.75) is 24.7 Å². The standard InChI is InChI=1S/C19H18ClN3O3S2/c1-2-12-7-8-13(9-17(12)28(21,25)26)22-18(24)10-14-11-27-19(23-14)15-5-3-4-6-16(15)20/h3-9,11H,2,10H2,1H3,(H,22,24)(H2,21,25,26). The highest BCUT2D eigenvalue weighted by Gasteiger charge is 2.15. The van der Waals surface area contributed by atoms with Crippen molar-refractivity contribution in [2.24, 2.45) is 5.14 Å². The summed E-state index contributed by atoms with van der Waals surface area (Å²) in [7, 11) is -3.87. The molecule has 2 aromatic carbocycles. The third-order valence-corrected chi connectivity index (χ3v) is 6.28. The van der Waals surface area contributed by atoms with Crippen molar-refractivity contribution in [3.63, 3.8) is 0 Å². The van der Waals surface area contributed by atoms with Gasteiger partial charge in [-0.05, 0) is 30.2 Å². The third-order valence-electron chi connectivity index (χ3n) is 4.04. The minimum Gasteiger partial charge on any atom is -0.326 e. The zero-order valence-corrected chi connectivity index (χ0v) is 17.4. The zero-order valence-electron chi connectivity index (χ0n) is 15.0. The first-order valence-electron chi connectivity index (χ1n) is 8.43. The number of sulfonamides is 1. The Labute approximate surface area is 172 Å².